The lowest BCUT2D eigenvalue weighted by molar-refractivity contribution is -0.0153. The first-order valence-corrected chi connectivity index (χ1v) is 7.46. The van der Waals surface area contributed by atoms with Crippen LogP contribution < -0.4 is 5.32 Å². The van der Waals surface area contributed by atoms with Gasteiger partial charge in [-0.05, 0) is 51.9 Å². The van der Waals surface area contributed by atoms with E-state index in [9.17, 15) is 0 Å². The third-order valence-corrected chi connectivity index (χ3v) is 4.45. The van der Waals surface area contributed by atoms with E-state index in [4.69, 9.17) is 4.74 Å². The van der Waals surface area contributed by atoms with Crippen molar-refractivity contribution in [1.29, 1.82) is 0 Å². The highest BCUT2D eigenvalue weighted by Crippen LogP contribution is 2.29. The molecule has 0 aromatic rings. The van der Waals surface area contributed by atoms with Crippen LogP contribution in [0, 0.1) is 5.92 Å². The van der Waals surface area contributed by atoms with Crippen molar-refractivity contribution in [3.8, 4) is 0 Å². The number of hydrogen-bond acceptors (Lipinski definition) is 2. The van der Waals surface area contributed by atoms with Gasteiger partial charge in [0.2, 0.25) is 0 Å². The van der Waals surface area contributed by atoms with E-state index in [2.05, 4.69) is 26.1 Å². The Morgan fingerprint density at radius 2 is 1.94 bits per heavy atom. The predicted octanol–water partition coefficient (Wildman–Crippen LogP) is 3.50. The van der Waals surface area contributed by atoms with E-state index in [0.717, 1.165) is 18.5 Å². The van der Waals surface area contributed by atoms with Gasteiger partial charge in [-0.2, -0.15) is 0 Å². The quantitative estimate of drug-likeness (QED) is 0.761. The van der Waals surface area contributed by atoms with Crippen molar-refractivity contribution in [2.24, 2.45) is 5.92 Å². The summed E-state index contributed by atoms with van der Waals surface area (Å²) in [6, 6.07) is 0.743. The second-order valence-corrected chi connectivity index (χ2v) is 6.76. The fourth-order valence-corrected chi connectivity index (χ4v) is 3.21. The molecular formula is C15H29NO. The third kappa shape index (κ3) is 4.26. The normalized spacial score (nSPS) is 37.9. The van der Waals surface area contributed by atoms with Crippen LogP contribution in [0.5, 0.6) is 0 Å². The average Bonchev–Trinajstić information content (AvgIpc) is 2.48. The molecule has 2 rings (SSSR count). The Kier molecular flexibility index (Phi) is 4.48. The molecule has 3 atom stereocenters. The van der Waals surface area contributed by atoms with Gasteiger partial charge in [-0.3, -0.25) is 0 Å². The third-order valence-electron chi connectivity index (χ3n) is 4.45. The van der Waals surface area contributed by atoms with Crippen LogP contribution in [0.15, 0.2) is 0 Å². The summed E-state index contributed by atoms with van der Waals surface area (Å²) in [5.41, 5.74) is 0.115. The van der Waals surface area contributed by atoms with Crippen LogP contribution >= 0.6 is 0 Å². The molecule has 1 aliphatic carbocycles. The van der Waals surface area contributed by atoms with E-state index in [1.54, 1.807) is 0 Å². The van der Waals surface area contributed by atoms with Crippen LogP contribution in [0.4, 0.5) is 0 Å². The molecule has 0 bridgehead atoms. The molecule has 2 aliphatic rings. The highest BCUT2D eigenvalue weighted by Gasteiger charge is 2.31. The lowest BCUT2D eigenvalue weighted by Crippen LogP contribution is -2.36. The maximum atomic E-state index is 6.03. The zero-order valence-corrected chi connectivity index (χ0v) is 11.8. The van der Waals surface area contributed by atoms with Crippen molar-refractivity contribution in [3.05, 3.63) is 0 Å². The van der Waals surface area contributed by atoms with Crippen molar-refractivity contribution in [1.82, 2.24) is 5.32 Å². The van der Waals surface area contributed by atoms with E-state index in [1.807, 2.05) is 0 Å². The SMILES string of the molecule is CC1CCCC(NCC2CCC(C)(C)O2)CC1. The molecule has 1 aliphatic heterocycles. The van der Waals surface area contributed by atoms with E-state index in [1.165, 1.54) is 44.9 Å². The van der Waals surface area contributed by atoms with Crippen LogP contribution in [0.25, 0.3) is 0 Å². The van der Waals surface area contributed by atoms with Gasteiger partial charge < -0.3 is 10.1 Å². The molecular weight excluding hydrogens is 210 g/mol. The Balaban J connectivity index is 1.68. The molecule has 100 valence electrons. The van der Waals surface area contributed by atoms with Crippen molar-refractivity contribution in [2.45, 2.75) is 83.5 Å². The van der Waals surface area contributed by atoms with E-state index in [-0.39, 0.29) is 5.60 Å². The van der Waals surface area contributed by atoms with E-state index < -0.39 is 0 Å². The monoisotopic (exact) mass is 239 g/mol. The van der Waals surface area contributed by atoms with Gasteiger partial charge in [0.1, 0.15) is 0 Å². The Morgan fingerprint density at radius 3 is 2.65 bits per heavy atom. The maximum Gasteiger partial charge on any atom is 0.0707 e. The van der Waals surface area contributed by atoms with Gasteiger partial charge in [0.15, 0.2) is 0 Å². The first-order valence-electron chi connectivity index (χ1n) is 7.46. The van der Waals surface area contributed by atoms with Crippen LogP contribution in [-0.2, 0) is 4.74 Å². The first-order chi connectivity index (χ1) is 8.05. The fourth-order valence-electron chi connectivity index (χ4n) is 3.21. The van der Waals surface area contributed by atoms with Gasteiger partial charge >= 0.3 is 0 Å². The molecule has 17 heavy (non-hydrogen) atoms. The molecule has 0 aromatic heterocycles. The van der Waals surface area contributed by atoms with Gasteiger partial charge in [0.25, 0.3) is 0 Å². The average molecular weight is 239 g/mol. The Bertz CT molecular complexity index is 239. The lowest BCUT2D eigenvalue weighted by atomic mass is 10.0. The summed E-state index contributed by atoms with van der Waals surface area (Å²) in [5.74, 6) is 0.934. The summed E-state index contributed by atoms with van der Waals surface area (Å²) in [6.07, 6.45) is 9.82. The van der Waals surface area contributed by atoms with Crippen molar-refractivity contribution < 1.29 is 4.74 Å². The molecule has 2 nitrogen and oxygen atoms in total. The van der Waals surface area contributed by atoms with Gasteiger partial charge in [-0.15, -0.1) is 0 Å². The molecule has 1 N–H and O–H groups in total. The second kappa shape index (κ2) is 5.71. The fraction of sp³-hybridized carbons (Fsp3) is 1.00. The standard InChI is InChI=1S/C15H29NO/c1-12-5-4-6-13(8-7-12)16-11-14-9-10-15(2,3)17-14/h12-14,16H,4-11H2,1-3H3. The highest BCUT2D eigenvalue weighted by atomic mass is 16.5. The molecule has 2 heteroatoms. The molecule has 0 aromatic carbocycles. The molecule has 2 fully saturated rings. The molecule has 0 spiro atoms. The summed E-state index contributed by atoms with van der Waals surface area (Å²) >= 11 is 0. The summed E-state index contributed by atoms with van der Waals surface area (Å²) < 4.78 is 6.03. The van der Waals surface area contributed by atoms with E-state index in [0.29, 0.717) is 6.10 Å². The molecule has 0 amide bonds. The zero-order valence-electron chi connectivity index (χ0n) is 11.8. The molecule has 1 saturated carbocycles. The second-order valence-electron chi connectivity index (χ2n) is 6.76. The maximum absolute atomic E-state index is 6.03. The van der Waals surface area contributed by atoms with Crippen LogP contribution in [0.2, 0.25) is 0 Å². The van der Waals surface area contributed by atoms with Crippen LogP contribution in [0.3, 0.4) is 0 Å². The Labute approximate surface area is 107 Å². The predicted molar refractivity (Wildman–Crippen MR) is 72.2 cm³/mol. The topological polar surface area (TPSA) is 21.3 Å². The van der Waals surface area contributed by atoms with Gasteiger partial charge in [0, 0.05) is 12.6 Å². The van der Waals surface area contributed by atoms with Crippen LogP contribution in [0.1, 0.15) is 65.7 Å². The van der Waals surface area contributed by atoms with Crippen LogP contribution in [-0.4, -0.2) is 24.3 Å². The van der Waals surface area contributed by atoms with Crippen molar-refractivity contribution in [2.75, 3.05) is 6.54 Å². The zero-order chi connectivity index (χ0) is 12.3. The van der Waals surface area contributed by atoms with Crippen molar-refractivity contribution >= 4 is 0 Å². The van der Waals surface area contributed by atoms with Gasteiger partial charge in [0.05, 0.1) is 11.7 Å². The summed E-state index contributed by atoms with van der Waals surface area (Å²) in [7, 11) is 0. The minimum Gasteiger partial charge on any atom is -0.371 e. The van der Waals surface area contributed by atoms with E-state index >= 15 is 0 Å². The summed E-state index contributed by atoms with van der Waals surface area (Å²) in [5, 5.41) is 3.74. The van der Waals surface area contributed by atoms with Crippen molar-refractivity contribution in [3.63, 3.8) is 0 Å². The highest BCUT2D eigenvalue weighted by molar-refractivity contribution is 4.83. The molecule has 1 heterocycles. The Morgan fingerprint density at radius 1 is 1.12 bits per heavy atom. The summed E-state index contributed by atoms with van der Waals surface area (Å²) in [4.78, 5) is 0. The van der Waals surface area contributed by atoms with Gasteiger partial charge in [-0.1, -0.05) is 19.8 Å². The number of hydrogen-bond donors (Lipinski definition) is 1. The largest absolute Gasteiger partial charge is 0.371 e. The lowest BCUT2D eigenvalue weighted by Gasteiger charge is -2.22. The molecule has 1 saturated heterocycles. The number of ether oxygens (including phenoxy) is 1. The number of rotatable bonds is 3. The number of nitrogens with one attached hydrogen (secondary N) is 1. The Hall–Kier alpha value is -0.0800. The molecule has 0 radical (unpaired) electrons. The smallest absolute Gasteiger partial charge is 0.0707 e. The van der Waals surface area contributed by atoms with Gasteiger partial charge in [-0.25, -0.2) is 0 Å². The first kappa shape index (κ1) is 13.4. The minimum absolute atomic E-state index is 0.115. The minimum atomic E-state index is 0.115. The molecule has 3 unspecified atom stereocenters. The summed E-state index contributed by atoms with van der Waals surface area (Å²) in [6.45, 7) is 7.87.